The number of benzene rings is 2. The highest BCUT2D eigenvalue weighted by atomic mass is 16.3. The van der Waals surface area contributed by atoms with Crippen LogP contribution in [0.1, 0.15) is 54.0 Å². The van der Waals surface area contributed by atoms with Gasteiger partial charge in [-0.15, -0.1) is 0 Å². The van der Waals surface area contributed by atoms with Crippen LogP contribution in [0.2, 0.25) is 0 Å². The van der Waals surface area contributed by atoms with Gasteiger partial charge in [0.1, 0.15) is 0 Å². The molecular weight excluding hydrogens is 258 g/mol. The van der Waals surface area contributed by atoms with E-state index in [-0.39, 0.29) is 6.61 Å². The van der Waals surface area contributed by atoms with E-state index in [4.69, 9.17) is 5.11 Å². The molecule has 0 bridgehead atoms. The summed E-state index contributed by atoms with van der Waals surface area (Å²) in [5, 5.41) is 12.8. The van der Waals surface area contributed by atoms with E-state index in [0.29, 0.717) is 12.0 Å². The first-order chi connectivity index (χ1) is 10.3. The number of aliphatic hydroxyl groups excluding tert-OH is 1. The van der Waals surface area contributed by atoms with E-state index < -0.39 is 0 Å². The number of aliphatic hydroxyl groups is 1. The molecule has 0 spiro atoms. The Morgan fingerprint density at radius 3 is 2.33 bits per heavy atom. The lowest BCUT2D eigenvalue weighted by Crippen LogP contribution is -2.25. The van der Waals surface area contributed by atoms with Crippen molar-refractivity contribution < 1.29 is 5.11 Å². The Balaban J connectivity index is 1.69. The summed E-state index contributed by atoms with van der Waals surface area (Å²) in [5.74, 6) is 0.670. The average molecular weight is 281 g/mol. The molecule has 0 fully saturated rings. The zero-order valence-corrected chi connectivity index (χ0v) is 12.5. The summed E-state index contributed by atoms with van der Waals surface area (Å²) in [6, 6.07) is 17.4. The molecule has 2 aromatic carbocycles. The fourth-order valence-electron chi connectivity index (χ4n) is 3.22. The predicted molar refractivity (Wildman–Crippen MR) is 86.0 cm³/mol. The topological polar surface area (TPSA) is 32.3 Å². The van der Waals surface area contributed by atoms with Crippen molar-refractivity contribution in [2.24, 2.45) is 0 Å². The highest BCUT2D eigenvalue weighted by Gasteiger charge is 2.23. The fraction of sp³-hybridized carbons (Fsp3) is 0.368. The molecule has 2 N–H and O–H groups in total. The maximum atomic E-state index is 9.08. The van der Waals surface area contributed by atoms with Gasteiger partial charge in [0.25, 0.3) is 0 Å². The molecule has 2 atom stereocenters. The number of rotatable bonds is 4. The van der Waals surface area contributed by atoms with Gasteiger partial charge < -0.3 is 10.4 Å². The van der Waals surface area contributed by atoms with Gasteiger partial charge in [0.05, 0.1) is 6.61 Å². The van der Waals surface area contributed by atoms with E-state index in [2.05, 4.69) is 48.6 Å². The Morgan fingerprint density at radius 2 is 1.62 bits per heavy atom. The van der Waals surface area contributed by atoms with Gasteiger partial charge in [-0.1, -0.05) is 55.5 Å². The maximum Gasteiger partial charge on any atom is 0.0681 e. The summed E-state index contributed by atoms with van der Waals surface area (Å²) in [5.41, 5.74) is 5.19. The van der Waals surface area contributed by atoms with Crippen LogP contribution in [0.5, 0.6) is 0 Å². The van der Waals surface area contributed by atoms with E-state index in [1.807, 2.05) is 12.1 Å². The van der Waals surface area contributed by atoms with Gasteiger partial charge in [-0.25, -0.2) is 0 Å². The van der Waals surface area contributed by atoms with Crippen LogP contribution in [-0.4, -0.2) is 5.11 Å². The Kier molecular flexibility index (Phi) is 4.37. The summed E-state index contributed by atoms with van der Waals surface area (Å²) in [7, 11) is 0. The zero-order chi connectivity index (χ0) is 14.7. The Labute approximate surface area is 126 Å². The Hall–Kier alpha value is -1.64. The number of fused-ring (bicyclic) bond motifs is 1. The van der Waals surface area contributed by atoms with Gasteiger partial charge in [-0.2, -0.15) is 0 Å². The van der Waals surface area contributed by atoms with Crippen LogP contribution in [0.25, 0.3) is 0 Å². The van der Waals surface area contributed by atoms with Crippen LogP contribution in [0.4, 0.5) is 0 Å². The maximum absolute atomic E-state index is 9.08. The minimum absolute atomic E-state index is 0.113. The highest BCUT2D eigenvalue weighted by Crippen LogP contribution is 2.37. The van der Waals surface area contributed by atoms with Gasteiger partial charge in [-0.3, -0.25) is 0 Å². The first-order valence-corrected chi connectivity index (χ1v) is 7.79. The van der Waals surface area contributed by atoms with E-state index in [1.165, 1.54) is 29.5 Å². The van der Waals surface area contributed by atoms with Crippen molar-refractivity contribution in [1.29, 1.82) is 0 Å². The Morgan fingerprint density at radius 1 is 0.952 bits per heavy atom. The molecule has 2 nitrogen and oxygen atoms in total. The van der Waals surface area contributed by atoms with Crippen LogP contribution >= 0.6 is 0 Å². The van der Waals surface area contributed by atoms with Crippen molar-refractivity contribution >= 4 is 0 Å². The van der Waals surface area contributed by atoms with Crippen LogP contribution in [0.3, 0.4) is 0 Å². The molecular formula is C19H23NO. The second-order valence-electron chi connectivity index (χ2n) is 6.02. The van der Waals surface area contributed by atoms with Crippen LogP contribution in [0, 0.1) is 0 Å². The molecule has 2 unspecified atom stereocenters. The minimum Gasteiger partial charge on any atom is -0.392 e. The lowest BCUT2D eigenvalue weighted by atomic mass is 9.81. The van der Waals surface area contributed by atoms with Crippen molar-refractivity contribution in [3.63, 3.8) is 0 Å². The fourth-order valence-corrected chi connectivity index (χ4v) is 3.22. The van der Waals surface area contributed by atoms with E-state index in [0.717, 1.165) is 12.1 Å². The molecule has 0 radical (unpaired) electrons. The molecule has 0 aliphatic heterocycles. The van der Waals surface area contributed by atoms with Crippen LogP contribution in [0.15, 0.2) is 48.5 Å². The molecule has 1 aliphatic carbocycles. The van der Waals surface area contributed by atoms with Gasteiger partial charge in [0, 0.05) is 12.6 Å². The van der Waals surface area contributed by atoms with E-state index in [9.17, 15) is 0 Å². The highest BCUT2D eigenvalue weighted by molar-refractivity contribution is 5.35. The summed E-state index contributed by atoms with van der Waals surface area (Å²) >= 11 is 0. The first kappa shape index (κ1) is 14.3. The lowest BCUT2D eigenvalue weighted by molar-refractivity contribution is 0.282. The molecule has 0 heterocycles. The minimum atomic E-state index is 0.113. The third-order valence-electron chi connectivity index (χ3n) is 4.55. The third kappa shape index (κ3) is 3.17. The normalized spacial score (nSPS) is 21.0. The van der Waals surface area contributed by atoms with Gasteiger partial charge in [0.2, 0.25) is 0 Å². The average Bonchev–Trinajstić information content (AvgIpc) is 2.55. The standard InChI is InChI=1S/C19H23NO/c1-14-6-11-19(18-5-3-2-4-17(14)18)20-12-15-7-9-16(13-21)10-8-15/h2-5,7-10,14,19-21H,6,11-13H2,1H3. The molecule has 0 amide bonds. The summed E-state index contributed by atoms with van der Waals surface area (Å²) in [6.45, 7) is 3.31. The quantitative estimate of drug-likeness (QED) is 0.890. The van der Waals surface area contributed by atoms with E-state index >= 15 is 0 Å². The monoisotopic (exact) mass is 281 g/mol. The Bertz CT molecular complexity index is 591. The molecule has 0 saturated heterocycles. The van der Waals surface area contributed by atoms with Crippen LogP contribution < -0.4 is 5.32 Å². The third-order valence-corrected chi connectivity index (χ3v) is 4.55. The molecule has 2 aromatic rings. The summed E-state index contributed by atoms with van der Waals surface area (Å²) < 4.78 is 0. The molecule has 2 heteroatoms. The second kappa shape index (κ2) is 6.42. The van der Waals surface area contributed by atoms with Crippen LogP contribution in [-0.2, 0) is 13.2 Å². The van der Waals surface area contributed by atoms with Gasteiger partial charge in [0.15, 0.2) is 0 Å². The number of nitrogens with one attached hydrogen (secondary N) is 1. The molecule has 1 aliphatic rings. The van der Waals surface area contributed by atoms with Crippen molar-refractivity contribution in [3.05, 3.63) is 70.8 Å². The van der Waals surface area contributed by atoms with Crippen molar-refractivity contribution in [3.8, 4) is 0 Å². The largest absolute Gasteiger partial charge is 0.392 e. The first-order valence-electron chi connectivity index (χ1n) is 7.79. The van der Waals surface area contributed by atoms with Crippen molar-refractivity contribution in [2.45, 2.75) is 44.9 Å². The van der Waals surface area contributed by atoms with Gasteiger partial charge in [-0.05, 0) is 41.0 Å². The summed E-state index contributed by atoms with van der Waals surface area (Å²) in [6.07, 6.45) is 2.45. The van der Waals surface area contributed by atoms with Gasteiger partial charge >= 0.3 is 0 Å². The molecule has 0 aromatic heterocycles. The predicted octanol–water partition coefficient (Wildman–Crippen LogP) is 3.91. The SMILES string of the molecule is CC1CCC(NCc2ccc(CO)cc2)c2ccccc21. The second-order valence-corrected chi connectivity index (χ2v) is 6.02. The van der Waals surface area contributed by atoms with Crippen molar-refractivity contribution in [2.75, 3.05) is 0 Å². The van der Waals surface area contributed by atoms with Crippen molar-refractivity contribution in [1.82, 2.24) is 5.32 Å². The number of hydrogen-bond donors (Lipinski definition) is 2. The zero-order valence-electron chi connectivity index (χ0n) is 12.5. The molecule has 110 valence electrons. The smallest absolute Gasteiger partial charge is 0.0681 e. The lowest BCUT2D eigenvalue weighted by Gasteiger charge is -2.30. The number of hydrogen-bond acceptors (Lipinski definition) is 2. The molecule has 3 rings (SSSR count). The molecule has 21 heavy (non-hydrogen) atoms. The molecule has 0 saturated carbocycles. The summed E-state index contributed by atoms with van der Waals surface area (Å²) in [4.78, 5) is 0. The van der Waals surface area contributed by atoms with E-state index in [1.54, 1.807) is 0 Å².